The number of carbonyl (C=O) groups excluding carboxylic acids is 1. The highest BCUT2D eigenvalue weighted by atomic mass is 35.5. The molecule has 8 heteroatoms. The van der Waals surface area contributed by atoms with Crippen molar-refractivity contribution in [3.05, 3.63) is 40.8 Å². The molecule has 1 N–H and O–H groups in total. The number of hydrogen-bond acceptors (Lipinski definition) is 4. The van der Waals surface area contributed by atoms with Crippen LogP contribution in [0.4, 0.5) is 0 Å². The Labute approximate surface area is 180 Å². The number of aromatic nitrogens is 4. The first kappa shape index (κ1) is 20.6. The van der Waals surface area contributed by atoms with Gasteiger partial charge in [-0.05, 0) is 41.7 Å². The van der Waals surface area contributed by atoms with Crippen LogP contribution < -0.4 is 0 Å². The summed E-state index contributed by atoms with van der Waals surface area (Å²) in [5.74, 6) is -1.39. The highest BCUT2D eigenvalue weighted by Gasteiger charge is 2.42. The van der Waals surface area contributed by atoms with E-state index < -0.39 is 11.8 Å². The molecule has 0 saturated heterocycles. The SMILES string of the molecule is Cn1cc(-c2nn3c(c2Cl)/C2=C/C(=O)/C(C(=O)O)=C\CCC2[C@H](C(C)(C)C)C3)cn1. The summed E-state index contributed by atoms with van der Waals surface area (Å²) in [6, 6.07) is 0. The molecule has 0 fully saturated rings. The van der Waals surface area contributed by atoms with Gasteiger partial charge in [-0.3, -0.25) is 14.2 Å². The molecule has 1 unspecified atom stereocenters. The van der Waals surface area contributed by atoms with Crippen LogP contribution in [0.1, 0.15) is 39.3 Å². The third-order valence-electron chi connectivity index (χ3n) is 6.12. The Hall–Kier alpha value is -2.67. The van der Waals surface area contributed by atoms with Gasteiger partial charge < -0.3 is 5.11 Å². The number of hydrogen-bond donors (Lipinski definition) is 1. The number of aryl methyl sites for hydroxylation is 1. The summed E-state index contributed by atoms with van der Waals surface area (Å²) in [4.78, 5) is 24.4. The van der Waals surface area contributed by atoms with Crippen LogP contribution in [0.2, 0.25) is 5.02 Å². The molecule has 0 aromatic carbocycles. The molecule has 0 radical (unpaired) electrons. The van der Waals surface area contributed by atoms with Crippen LogP contribution in [0.3, 0.4) is 0 Å². The largest absolute Gasteiger partial charge is 0.478 e. The second-order valence-electron chi connectivity index (χ2n) is 9.14. The van der Waals surface area contributed by atoms with Crippen LogP contribution in [-0.2, 0) is 23.2 Å². The minimum Gasteiger partial charge on any atom is -0.478 e. The number of allylic oxidation sites excluding steroid dienone is 3. The molecule has 2 atom stereocenters. The number of halogens is 1. The van der Waals surface area contributed by atoms with Crippen LogP contribution >= 0.6 is 11.6 Å². The van der Waals surface area contributed by atoms with Crippen molar-refractivity contribution < 1.29 is 14.7 Å². The Morgan fingerprint density at radius 1 is 1.33 bits per heavy atom. The lowest BCUT2D eigenvalue weighted by molar-refractivity contribution is -0.134. The zero-order valence-electron chi connectivity index (χ0n) is 17.5. The Morgan fingerprint density at radius 3 is 2.67 bits per heavy atom. The highest BCUT2D eigenvalue weighted by Crippen LogP contribution is 2.49. The van der Waals surface area contributed by atoms with E-state index in [2.05, 4.69) is 25.9 Å². The molecule has 158 valence electrons. The lowest BCUT2D eigenvalue weighted by Crippen LogP contribution is -2.38. The average molecular weight is 429 g/mol. The topological polar surface area (TPSA) is 90.0 Å². The number of aliphatic carboxylic acids is 1. The van der Waals surface area contributed by atoms with Crippen molar-refractivity contribution in [1.29, 1.82) is 0 Å². The fourth-order valence-corrected chi connectivity index (χ4v) is 4.96. The monoisotopic (exact) mass is 428 g/mol. The first-order valence-electron chi connectivity index (χ1n) is 10.0. The molecule has 3 heterocycles. The smallest absolute Gasteiger partial charge is 0.339 e. The summed E-state index contributed by atoms with van der Waals surface area (Å²) >= 11 is 6.81. The minimum atomic E-state index is -1.20. The standard InChI is InChI=1S/C22H25ClN4O3/c1-22(2,3)16-11-27-20(18(23)19(25-27)12-9-24-26(4)10-12)15-8-17(28)14(21(29)30)7-5-6-13(15)16/h7-10,13,16H,5-6,11H2,1-4H3,(H,29,30)/b14-7+,15-8+/t13?,16-/m1/s1. The summed E-state index contributed by atoms with van der Waals surface area (Å²) in [5, 5.41) is 18.9. The van der Waals surface area contributed by atoms with E-state index in [1.807, 2.05) is 17.9 Å². The number of ketones is 1. The first-order valence-corrected chi connectivity index (χ1v) is 10.4. The maximum Gasteiger partial charge on any atom is 0.339 e. The average Bonchev–Trinajstić information content (AvgIpc) is 3.19. The fourth-order valence-electron chi connectivity index (χ4n) is 4.61. The Morgan fingerprint density at radius 2 is 2.07 bits per heavy atom. The summed E-state index contributed by atoms with van der Waals surface area (Å²) in [6.45, 7) is 7.25. The second-order valence-corrected chi connectivity index (χ2v) is 9.52. The summed E-state index contributed by atoms with van der Waals surface area (Å²) in [6.07, 6.45) is 7.86. The van der Waals surface area contributed by atoms with Crippen molar-refractivity contribution in [3.63, 3.8) is 0 Å². The number of carboxylic acids is 1. The molecule has 7 nitrogen and oxygen atoms in total. The van der Waals surface area contributed by atoms with Crippen molar-refractivity contribution >= 4 is 28.9 Å². The van der Waals surface area contributed by atoms with E-state index in [9.17, 15) is 14.7 Å². The van der Waals surface area contributed by atoms with E-state index in [0.29, 0.717) is 29.4 Å². The van der Waals surface area contributed by atoms with Gasteiger partial charge in [0.2, 0.25) is 0 Å². The van der Waals surface area contributed by atoms with E-state index in [1.165, 1.54) is 6.08 Å². The number of carboxylic acid groups (broad SMARTS) is 1. The van der Waals surface area contributed by atoms with E-state index >= 15 is 0 Å². The quantitative estimate of drug-likeness (QED) is 0.730. The normalized spacial score (nSPS) is 25.3. The van der Waals surface area contributed by atoms with Crippen LogP contribution in [0.15, 0.2) is 30.1 Å². The van der Waals surface area contributed by atoms with E-state index in [0.717, 1.165) is 17.6 Å². The van der Waals surface area contributed by atoms with Crippen LogP contribution in [0.5, 0.6) is 0 Å². The summed E-state index contributed by atoms with van der Waals surface area (Å²) in [5.41, 5.74) is 2.70. The number of fused-ring (bicyclic) bond motifs is 3. The molecule has 0 amide bonds. The Balaban J connectivity index is 1.92. The molecule has 30 heavy (non-hydrogen) atoms. The third kappa shape index (κ3) is 3.41. The van der Waals surface area contributed by atoms with Gasteiger partial charge >= 0.3 is 5.97 Å². The Kier molecular flexibility index (Phi) is 4.97. The molecule has 2 aromatic heterocycles. The van der Waals surface area contributed by atoms with Gasteiger partial charge in [0.05, 0.1) is 16.9 Å². The lowest BCUT2D eigenvalue weighted by Gasteiger charge is -2.42. The molecular formula is C22H25ClN4O3. The predicted octanol–water partition coefficient (Wildman–Crippen LogP) is 3.99. The van der Waals surface area contributed by atoms with Crippen molar-refractivity contribution in [3.8, 4) is 11.3 Å². The molecule has 4 rings (SSSR count). The van der Waals surface area contributed by atoms with Gasteiger partial charge in [0.15, 0.2) is 5.78 Å². The zero-order chi connectivity index (χ0) is 21.8. The van der Waals surface area contributed by atoms with Crippen LogP contribution in [0, 0.1) is 17.3 Å². The van der Waals surface area contributed by atoms with Gasteiger partial charge in [-0.2, -0.15) is 10.2 Å². The van der Waals surface area contributed by atoms with Crippen molar-refractivity contribution in [1.82, 2.24) is 19.6 Å². The van der Waals surface area contributed by atoms with Crippen molar-refractivity contribution in [2.45, 2.75) is 40.2 Å². The van der Waals surface area contributed by atoms with E-state index in [4.69, 9.17) is 16.7 Å². The van der Waals surface area contributed by atoms with E-state index in [-0.39, 0.29) is 22.8 Å². The molecule has 1 aliphatic heterocycles. The number of nitrogens with zero attached hydrogens (tertiary/aromatic N) is 4. The molecule has 1 aliphatic carbocycles. The van der Waals surface area contributed by atoms with Gasteiger partial charge in [0.1, 0.15) is 11.3 Å². The van der Waals surface area contributed by atoms with Gasteiger partial charge in [0, 0.05) is 25.4 Å². The van der Waals surface area contributed by atoms with Crippen molar-refractivity contribution in [2.75, 3.05) is 0 Å². The molecule has 2 aliphatic rings. The predicted molar refractivity (Wildman–Crippen MR) is 114 cm³/mol. The molecule has 0 saturated carbocycles. The fraction of sp³-hybridized carbons (Fsp3) is 0.455. The van der Waals surface area contributed by atoms with Gasteiger partial charge in [0.25, 0.3) is 0 Å². The molecular weight excluding hydrogens is 404 g/mol. The van der Waals surface area contributed by atoms with Crippen LogP contribution in [0.25, 0.3) is 16.8 Å². The summed E-state index contributed by atoms with van der Waals surface area (Å²) < 4.78 is 3.56. The maximum atomic E-state index is 12.8. The minimum absolute atomic E-state index is 0.0318. The number of carbonyl (C=O) groups is 2. The number of rotatable bonds is 2. The third-order valence-corrected chi connectivity index (χ3v) is 6.48. The molecule has 0 bridgehead atoms. The van der Waals surface area contributed by atoms with E-state index in [1.54, 1.807) is 17.0 Å². The summed E-state index contributed by atoms with van der Waals surface area (Å²) in [7, 11) is 1.83. The van der Waals surface area contributed by atoms with Gasteiger partial charge in [-0.1, -0.05) is 38.4 Å². The molecule has 0 spiro atoms. The molecule has 2 aromatic rings. The van der Waals surface area contributed by atoms with Crippen LogP contribution in [-0.4, -0.2) is 36.4 Å². The zero-order valence-corrected chi connectivity index (χ0v) is 18.3. The van der Waals surface area contributed by atoms with Crippen molar-refractivity contribution in [2.24, 2.45) is 24.3 Å². The lowest BCUT2D eigenvalue weighted by atomic mass is 9.66. The second kappa shape index (κ2) is 7.23. The first-order chi connectivity index (χ1) is 14.1. The Bertz CT molecular complexity index is 1100. The van der Waals surface area contributed by atoms with Gasteiger partial charge in [-0.25, -0.2) is 4.79 Å². The highest BCUT2D eigenvalue weighted by molar-refractivity contribution is 6.35. The van der Waals surface area contributed by atoms with Gasteiger partial charge in [-0.15, -0.1) is 0 Å². The maximum absolute atomic E-state index is 12.8.